The van der Waals surface area contributed by atoms with E-state index in [1.807, 2.05) is 16.9 Å². The highest BCUT2D eigenvalue weighted by molar-refractivity contribution is 9.10. The summed E-state index contributed by atoms with van der Waals surface area (Å²) < 4.78 is 3.04. The Bertz CT molecular complexity index is 536. The zero-order valence-electron chi connectivity index (χ0n) is 12.1. The Morgan fingerprint density at radius 1 is 1.25 bits per heavy atom. The molecule has 0 aliphatic heterocycles. The Labute approximate surface area is 129 Å². The lowest BCUT2D eigenvalue weighted by atomic mass is 9.88. The molecule has 1 heterocycles. The largest absolute Gasteiger partial charge is 0.322 e. The van der Waals surface area contributed by atoms with Gasteiger partial charge in [0.2, 0.25) is 0 Å². The molecule has 0 aliphatic rings. The standard InChI is InChI=1S/C16H22BrN3/c1-3-10-20-16(14(17)11-19-20)15(18)13(4-2)12-8-6-5-7-9-12/h5-9,11,13,15H,3-4,10,18H2,1-2H3. The first-order chi connectivity index (χ1) is 9.69. The number of halogens is 1. The summed E-state index contributed by atoms with van der Waals surface area (Å²) in [7, 11) is 0. The van der Waals surface area contributed by atoms with Crippen molar-refractivity contribution in [3.8, 4) is 0 Å². The summed E-state index contributed by atoms with van der Waals surface area (Å²) in [6, 6.07) is 10.4. The first-order valence-electron chi connectivity index (χ1n) is 7.20. The summed E-state index contributed by atoms with van der Waals surface area (Å²) in [5.41, 5.74) is 8.96. The van der Waals surface area contributed by atoms with Gasteiger partial charge in [-0.25, -0.2) is 0 Å². The van der Waals surface area contributed by atoms with E-state index in [9.17, 15) is 0 Å². The van der Waals surface area contributed by atoms with Crippen LogP contribution in [0.3, 0.4) is 0 Å². The molecule has 2 N–H and O–H groups in total. The number of benzene rings is 1. The SMILES string of the molecule is CCCn1ncc(Br)c1C(N)C(CC)c1ccccc1. The molecule has 2 aromatic rings. The maximum absolute atomic E-state index is 6.57. The first-order valence-corrected chi connectivity index (χ1v) is 8.00. The molecule has 0 radical (unpaired) electrons. The number of nitrogens with zero attached hydrogens (tertiary/aromatic N) is 2. The zero-order chi connectivity index (χ0) is 14.5. The van der Waals surface area contributed by atoms with E-state index in [1.54, 1.807) is 0 Å². The Hall–Kier alpha value is -1.13. The van der Waals surface area contributed by atoms with Crippen molar-refractivity contribution in [1.29, 1.82) is 0 Å². The predicted octanol–water partition coefficient (Wildman–Crippen LogP) is 4.25. The van der Waals surface area contributed by atoms with E-state index in [0.29, 0.717) is 5.92 Å². The summed E-state index contributed by atoms with van der Waals surface area (Å²) in [6.07, 6.45) is 3.91. The number of hydrogen-bond acceptors (Lipinski definition) is 2. The minimum absolute atomic E-state index is 0.0502. The summed E-state index contributed by atoms with van der Waals surface area (Å²) >= 11 is 3.59. The molecule has 2 rings (SSSR count). The number of aromatic nitrogens is 2. The van der Waals surface area contributed by atoms with Crippen LogP contribution < -0.4 is 5.73 Å². The summed E-state index contributed by atoms with van der Waals surface area (Å²) in [5, 5.41) is 4.43. The van der Waals surface area contributed by atoms with Crippen molar-refractivity contribution in [2.45, 2.75) is 45.2 Å². The van der Waals surface area contributed by atoms with Gasteiger partial charge in [0.15, 0.2) is 0 Å². The summed E-state index contributed by atoms with van der Waals surface area (Å²) in [6.45, 7) is 5.24. The van der Waals surface area contributed by atoms with Crippen LogP contribution in [0.5, 0.6) is 0 Å². The molecule has 1 aromatic heterocycles. The third kappa shape index (κ3) is 3.13. The van der Waals surface area contributed by atoms with E-state index < -0.39 is 0 Å². The Balaban J connectivity index is 2.34. The minimum Gasteiger partial charge on any atom is -0.322 e. The lowest BCUT2D eigenvalue weighted by molar-refractivity contribution is 0.475. The van der Waals surface area contributed by atoms with Gasteiger partial charge in [-0.15, -0.1) is 0 Å². The average Bonchev–Trinajstić information content (AvgIpc) is 2.82. The number of rotatable bonds is 6. The van der Waals surface area contributed by atoms with Crippen molar-refractivity contribution in [2.24, 2.45) is 5.73 Å². The van der Waals surface area contributed by atoms with Crippen molar-refractivity contribution in [3.05, 3.63) is 52.3 Å². The fourth-order valence-corrected chi connectivity index (χ4v) is 3.24. The highest BCUT2D eigenvalue weighted by atomic mass is 79.9. The Morgan fingerprint density at radius 3 is 2.55 bits per heavy atom. The number of nitrogens with two attached hydrogens (primary N) is 1. The van der Waals surface area contributed by atoms with E-state index in [2.05, 4.69) is 59.1 Å². The normalized spacial score (nSPS) is 14.2. The van der Waals surface area contributed by atoms with Gasteiger partial charge in [0.05, 0.1) is 22.4 Å². The van der Waals surface area contributed by atoms with Crippen LogP contribution in [0.2, 0.25) is 0 Å². The van der Waals surface area contributed by atoms with Crippen molar-refractivity contribution in [1.82, 2.24) is 9.78 Å². The van der Waals surface area contributed by atoms with Gasteiger partial charge < -0.3 is 5.73 Å². The third-order valence-electron chi connectivity index (χ3n) is 3.69. The molecule has 0 saturated heterocycles. The fourth-order valence-electron chi connectivity index (χ4n) is 2.68. The van der Waals surface area contributed by atoms with Crippen LogP contribution >= 0.6 is 15.9 Å². The van der Waals surface area contributed by atoms with E-state index in [1.165, 1.54) is 5.56 Å². The second kappa shape index (κ2) is 7.04. The summed E-state index contributed by atoms with van der Waals surface area (Å²) in [5.74, 6) is 0.305. The third-order valence-corrected chi connectivity index (χ3v) is 4.30. The maximum atomic E-state index is 6.57. The molecule has 0 amide bonds. The molecule has 2 atom stereocenters. The van der Waals surface area contributed by atoms with Gasteiger partial charge in [-0.05, 0) is 34.3 Å². The van der Waals surface area contributed by atoms with Crippen LogP contribution in [0.25, 0.3) is 0 Å². The van der Waals surface area contributed by atoms with Crippen LogP contribution in [-0.4, -0.2) is 9.78 Å². The van der Waals surface area contributed by atoms with Gasteiger partial charge in [0.1, 0.15) is 0 Å². The first kappa shape index (κ1) is 15.3. The molecular formula is C16H22BrN3. The van der Waals surface area contributed by atoms with Crippen molar-refractivity contribution in [3.63, 3.8) is 0 Å². The monoisotopic (exact) mass is 335 g/mol. The van der Waals surface area contributed by atoms with Crippen LogP contribution in [0, 0.1) is 0 Å². The van der Waals surface area contributed by atoms with Gasteiger partial charge in [0.25, 0.3) is 0 Å². The smallest absolute Gasteiger partial charge is 0.0699 e. The van der Waals surface area contributed by atoms with Crippen LogP contribution in [0.1, 0.15) is 49.9 Å². The van der Waals surface area contributed by atoms with Gasteiger partial charge in [-0.2, -0.15) is 5.10 Å². The molecule has 1 aromatic carbocycles. The number of hydrogen-bond donors (Lipinski definition) is 1. The van der Waals surface area contributed by atoms with E-state index in [-0.39, 0.29) is 6.04 Å². The van der Waals surface area contributed by atoms with Gasteiger partial charge in [0, 0.05) is 12.5 Å². The fraction of sp³-hybridized carbons (Fsp3) is 0.438. The van der Waals surface area contributed by atoms with Crippen LogP contribution in [0.15, 0.2) is 41.0 Å². The van der Waals surface area contributed by atoms with Crippen molar-refractivity contribution >= 4 is 15.9 Å². The molecule has 0 aliphatic carbocycles. The van der Waals surface area contributed by atoms with Crippen LogP contribution in [-0.2, 0) is 6.54 Å². The minimum atomic E-state index is -0.0502. The number of aryl methyl sites for hydroxylation is 1. The quantitative estimate of drug-likeness (QED) is 0.857. The molecule has 3 nitrogen and oxygen atoms in total. The maximum Gasteiger partial charge on any atom is 0.0699 e. The zero-order valence-corrected chi connectivity index (χ0v) is 13.7. The molecule has 108 valence electrons. The molecule has 20 heavy (non-hydrogen) atoms. The molecule has 2 unspecified atom stereocenters. The Kier molecular flexibility index (Phi) is 5.38. The lowest BCUT2D eigenvalue weighted by Crippen LogP contribution is -2.23. The molecular weight excluding hydrogens is 314 g/mol. The highest BCUT2D eigenvalue weighted by Crippen LogP contribution is 2.35. The van der Waals surface area contributed by atoms with Gasteiger partial charge >= 0.3 is 0 Å². The van der Waals surface area contributed by atoms with Gasteiger partial charge in [-0.3, -0.25) is 4.68 Å². The second-order valence-electron chi connectivity index (χ2n) is 5.05. The van der Waals surface area contributed by atoms with E-state index >= 15 is 0 Å². The van der Waals surface area contributed by atoms with Gasteiger partial charge in [-0.1, -0.05) is 44.2 Å². The molecule has 0 bridgehead atoms. The van der Waals surface area contributed by atoms with Crippen LogP contribution in [0.4, 0.5) is 0 Å². The second-order valence-corrected chi connectivity index (χ2v) is 5.91. The molecule has 4 heteroatoms. The summed E-state index contributed by atoms with van der Waals surface area (Å²) in [4.78, 5) is 0. The molecule has 0 spiro atoms. The van der Waals surface area contributed by atoms with Crippen molar-refractivity contribution < 1.29 is 0 Å². The van der Waals surface area contributed by atoms with E-state index in [4.69, 9.17) is 5.73 Å². The average molecular weight is 336 g/mol. The molecule has 0 fully saturated rings. The van der Waals surface area contributed by atoms with Crippen molar-refractivity contribution in [2.75, 3.05) is 0 Å². The highest BCUT2D eigenvalue weighted by Gasteiger charge is 2.25. The topological polar surface area (TPSA) is 43.8 Å². The molecule has 0 saturated carbocycles. The predicted molar refractivity (Wildman–Crippen MR) is 86.6 cm³/mol. The Morgan fingerprint density at radius 2 is 1.95 bits per heavy atom. The lowest BCUT2D eigenvalue weighted by Gasteiger charge is -2.24. The van der Waals surface area contributed by atoms with E-state index in [0.717, 1.165) is 29.6 Å².